The van der Waals surface area contributed by atoms with E-state index in [9.17, 15) is 0 Å². The first-order chi connectivity index (χ1) is 7.78. The normalized spacial score (nSPS) is 17.7. The smallest absolute Gasteiger partial charge is 0.168 e. The zero-order valence-corrected chi connectivity index (χ0v) is 9.41. The molecule has 1 nitrogen and oxygen atoms in total. The van der Waals surface area contributed by atoms with E-state index in [1.54, 1.807) is 0 Å². The van der Waals surface area contributed by atoms with Gasteiger partial charge in [-0.05, 0) is 43.4 Å². The molecule has 82 valence electrons. The molecule has 0 atom stereocenters. The number of hydrogen-bond acceptors (Lipinski definition) is 1. The number of hydrogen-bond donors (Lipinski definition) is 0. The summed E-state index contributed by atoms with van der Waals surface area (Å²) < 4.78 is 5.94. The first-order valence-corrected chi connectivity index (χ1v) is 5.67. The van der Waals surface area contributed by atoms with Gasteiger partial charge in [-0.1, -0.05) is 30.7 Å². The second kappa shape index (κ2) is 4.45. The minimum Gasteiger partial charge on any atom is -0.475 e. The van der Waals surface area contributed by atoms with Gasteiger partial charge in [0, 0.05) is 0 Å². The lowest BCUT2D eigenvalue weighted by molar-refractivity contribution is 0.138. The summed E-state index contributed by atoms with van der Waals surface area (Å²) in [5.74, 6) is 3.66. The van der Waals surface area contributed by atoms with E-state index in [0.29, 0.717) is 0 Å². The van der Waals surface area contributed by atoms with Gasteiger partial charge < -0.3 is 4.74 Å². The first kappa shape index (κ1) is 10.8. The van der Waals surface area contributed by atoms with Gasteiger partial charge in [-0.25, -0.2) is 0 Å². The Morgan fingerprint density at radius 1 is 1.25 bits per heavy atom. The van der Waals surface area contributed by atoms with Gasteiger partial charge in [-0.2, -0.15) is 0 Å². The van der Waals surface area contributed by atoms with Crippen LogP contribution < -0.4 is 4.74 Å². The Balaban J connectivity index is 2.13. The molecule has 0 N–H and O–H groups in total. The maximum atomic E-state index is 5.94. The first-order valence-electron chi connectivity index (χ1n) is 5.67. The van der Waals surface area contributed by atoms with Crippen LogP contribution >= 0.6 is 0 Å². The predicted molar refractivity (Wildman–Crippen MR) is 67.2 cm³/mol. The number of benzene rings is 1. The minimum absolute atomic E-state index is 0.365. The highest BCUT2D eigenvalue weighted by atomic mass is 16.5. The third-order valence-corrected chi connectivity index (χ3v) is 3.10. The van der Waals surface area contributed by atoms with Gasteiger partial charge in [-0.3, -0.25) is 0 Å². The van der Waals surface area contributed by atoms with Crippen molar-refractivity contribution in [2.45, 2.75) is 31.3 Å². The van der Waals surface area contributed by atoms with Crippen LogP contribution in [-0.4, -0.2) is 5.60 Å². The lowest BCUT2D eigenvalue weighted by atomic mass is 10.0. The monoisotopic (exact) mass is 212 g/mol. The molecule has 0 radical (unpaired) electrons. The molecule has 0 saturated heterocycles. The van der Waals surface area contributed by atoms with Gasteiger partial charge in [0.2, 0.25) is 0 Å². The van der Waals surface area contributed by atoms with Crippen molar-refractivity contribution in [2.75, 3.05) is 0 Å². The highest BCUT2D eigenvalue weighted by molar-refractivity contribution is 5.48. The molecular weight excluding hydrogens is 196 g/mol. The van der Waals surface area contributed by atoms with Gasteiger partial charge in [0.1, 0.15) is 5.75 Å². The lowest BCUT2D eigenvalue weighted by Gasteiger charge is -2.24. The van der Waals surface area contributed by atoms with Gasteiger partial charge in [-0.15, -0.1) is 6.42 Å². The van der Waals surface area contributed by atoms with E-state index in [1.807, 2.05) is 30.3 Å². The predicted octanol–water partition coefficient (Wildman–Crippen LogP) is 3.65. The molecular formula is C15H16O. The Kier molecular flexibility index (Phi) is 3.01. The summed E-state index contributed by atoms with van der Waals surface area (Å²) in [4.78, 5) is 0. The van der Waals surface area contributed by atoms with Crippen molar-refractivity contribution in [3.63, 3.8) is 0 Å². The van der Waals surface area contributed by atoms with Crippen molar-refractivity contribution >= 4 is 6.08 Å². The van der Waals surface area contributed by atoms with Crippen molar-refractivity contribution < 1.29 is 4.74 Å². The maximum Gasteiger partial charge on any atom is 0.168 e. The summed E-state index contributed by atoms with van der Waals surface area (Å²) in [7, 11) is 0. The lowest BCUT2D eigenvalue weighted by Crippen LogP contribution is -2.30. The van der Waals surface area contributed by atoms with Crippen molar-refractivity contribution in [3.8, 4) is 18.1 Å². The van der Waals surface area contributed by atoms with E-state index < -0.39 is 0 Å². The fourth-order valence-corrected chi connectivity index (χ4v) is 2.12. The van der Waals surface area contributed by atoms with Crippen molar-refractivity contribution in [3.05, 3.63) is 36.4 Å². The average Bonchev–Trinajstić information content (AvgIpc) is 2.79. The second-order valence-electron chi connectivity index (χ2n) is 4.22. The summed E-state index contributed by atoms with van der Waals surface area (Å²) in [6.45, 7) is 3.72. The molecule has 0 aliphatic heterocycles. The maximum absolute atomic E-state index is 5.94. The van der Waals surface area contributed by atoms with Gasteiger partial charge in [0.25, 0.3) is 0 Å². The SMILES string of the molecule is C#CC1(Oc2ccc(C=C)cc2)CCCC1. The Labute approximate surface area is 97.1 Å². The van der Waals surface area contributed by atoms with Crippen LogP contribution in [0.5, 0.6) is 5.75 Å². The molecule has 1 fully saturated rings. The molecule has 1 aromatic rings. The summed E-state index contributed by atoms with van der Waals surface area (Å²) in [5.41, 5.74) is 0.726. The number of rotatable bonds is 3. The molecule has 0 aromatic heterocycles. The topological polar surface area (TPSA) is 9.23 Å². The Morgan fingerprint density at radius 2 is 1.88 bits per heavy atom. The van der Waals surface area contributed by atoms with Crippen LogP contribution in [0.1, 0.15) is 31.2 Å². The van der Waals surface area contributed by atoms with E-state index in [1.165, 1.54) is 0 Å². The number of terminal acetylenes is 1. The minimum atomic E-state index is -0.365. The van der Waals surface area contributed by atoms with E-state index in [0.717, 1.165) is 37.0 Å². The third kappa shape index (κ3) is 2.12. The number of ether oxygens (including phenoxy) is 1. The Bertz CT molecular complexity index is 402. The van der Waals surface area contributed by atoms with Crippen LogP contribution in [0.15, 0.2) is 30.8 Å². The van der Waals surface area contributed by atoms with Crippen molar-refractivity contribution in [2.24, 2.45) is 0 Å². The van der Waals surface area contributed by atoms with Crippen LogP contribution in [0.2, 0.25) is 0 Å². The third-order valence-electron chi connectivity index (χ3n) is 3.10. The van der Waals surface area contributed by atoms with Crippen LogP contribution in [-0.2, 0) is 0 Å². The van der Waals surface area contributed by atoms with E-state index >= 15 is 0 Å². The average molecular weight is 212 g/mol. The standard InChI is InChI=1S/C15H16O/c1-3-13-7-9-14(10-8-13)16-15(4-2)11-5-6-12-15/h2-3,7-10H,1,5-6,11-12H2. The van der Waals surface area contributed by atoms with Crippen molar-refractivity contribution in [1.29, 1.82) is 0 Å². The molecule has 1 saturated carbocycles. The quantitative estimate of drug-likeness (QED) is 0.695. The molecule has 2 rings (SSSR count). The zero-order valence-electron chi connectivity index (χ0n) is 9.41. The summed E-state index contributed by atoms with van der Waals surface area (Å²) in [6, 6.07) is 7.88. The van der Waals surface area contributed by atoms with Crippen LogP contribution in [0.25, 0.3) is 6.08 Å². The molecule has 0 amide bonds. The van der Waals surface area contributed by atoms with Crippen LogP contribution in [0, 0.1) is 12.3 Å². The fourth-order valence-electron chi connectivity index (χ4n) is 2.12. The largest absolute Gasteiger partial charge is 0.475 e. The molecule has 1 aromatic carbocycles. The molecule has 1 aliphatic rings. The highest BCUT2D eigenvalue weighted by Crippen LogP contribution is 2.33. The molecule has 0 unspecified atom stereocenters. The summed E-state index contributed by atoms with van der Waals surface area (Å²) in [5, 5.41) is 0. The van der Waals surface area contributed by atoms with E-state index in [-0.39, 0.29) is 5.60 Å². The Morgan fingerprint density at radius 3 is 2.38 bits per heavy atom. The van der Waals surface area contributed by atoms with Crippen LogP contribution in [0.3, 0.4) is 0 Å². The molecule has 1 aliphatic carbocycles. The van der Waals surface area contributed by atoms with E-state index in [2.05, 4.69) is 12.5 Å². The molecule has 0 heterocycles. The Hall–Kier alpha value is -1.68. The van der Waals surface area contributed by atoms with Crippen LogP contribution in [0.4, 0.5) is 0 Å². The molecule has 16 heavy (non-hydrogen) atoms. The summed E-state index contributed by atoms with van der Waals surface area (Å²) >= 11 is 0. The highest BCUT2D eigenvalue weighted by Gasteiger charge is 2.33. The zero-order chi connectivity index (χ0) is 11.4. The molecule has 0 bridgehead atoms. The summed E-state index contributed by atoms with van der Waals surface area (Å²) in [6.07, 6.45) is 11.7. The van der Waals surface area contributed by atoms with Crippen molar-refractivity contribution in [1.82, 2.24) is 0 Å². The van der Waals surface area contributed by atoms with Gasteiger partial charge >= 0.3 is 0 Å². The molecule has 1 heteroatoms. The fraction of sp³-hybridized carbons (Fsp3) is 0.333. The van der Waals surface area contributed by atoms with E-state index in [4.69, 9.17) is 11.2 Å². The second-order valence-corrected chi connectivity index (χ2v) is 4.22. The molecule has 0 spiro atoms. The van der Waals surface area contributed by atoms with Gasteiger partial charge in [0.05, 0.1) is 0 Å². The van der Waals surface area contributed by atoms with Gasteiger partial charge in [0.15, 0.2) is 5.60 Å².